The van der Waals surface area contributed by atoms with Crippen LogP contribution in [0.2, 0.25) is 0 Å². The first-order valence-corrected chi connectivity index (χ1v) is 10.6. The van der Waals surface area contributed by atoms with Crippen molar-refractivity contribution in [3.05, 3.63) is 59.4 Å². The quantitative estimate of drug-likeness (QED) is 0.553. The number of alkyl halides is 1. The average Bonchev–Trinajstić information content (AvgIpc) is 2.72. The summed E-state index contributed by atoms with van der Waals surface area (Å²) in [5.41, 5.74) is 5.07. The summed E-state index contributed by atoms with van der Waals surface area (Å²) in [4.78, 5) is 12.1. The number of hydrogen-bond donors (Lipinski definition) is 3. The van der Waals surface area contributed by atoms with E-state index in [1.807, 2.05) is 0 Å². The Morgan fingerprint density at radius 3 is 2.27 bits per heavy atom. The Morgan fingerprint density at radius 1 is 1.20 bits per heavy atom. The van der Waals surface area contributed by atoms with Crippen LogP contribution in [-0.4, -0.2) is 27.0 Å². The summed E-state index contributed by atoms with van der Waals surface area (Å²) in [6.07, 6.45) is 0.653. The molecule has 0 bridgehead atoms. The predicted octanol–water partition coefficient (Wildman–Crippen LogP) is 4.24. The molecule has 0 spiro atoms. The summed E-state index contributed by atoms with van der Waals surface area (Å²) in [7, 11) is -3.64. The maximum atomic E-state index is 13.7. The van der Waals surface area contributed by atoms with Crippen LogP contribution in [0, 0.1) is 17.1 Å². The van der Waals surface area contributed by atoms with E-state index >= 15 is 0 Å². The van der Waals surface area contributed by atoms with E-state index in [0.717, 1.165) is 6.07 Å². The zero-order valence-electron chi connectivity index (χ0n) is 16.9. The van der Waals surface area contributed by atoms with E-state index in [4.69, 9.17) is 5.26 Å². The van der Waals surface area contributed by atoms with Crippen LogP contribution in [0.15, 0.2) is 47.4 Å². The fourth-order valence-corrected chi connectivity index (χ4v) is 3.30. The molecule has 2 rings (SSSR count). The fraction of sp³-hybridized carbons (Fsp3) is 0.300. The Morgan fingerprint density at radius 2 is 1.80 bits per heavy atom. The number of nitrogens with zero attached hydrogens (tertiary/aromatic N) is 1. The minimum Gasteiger partial charge on any atom is -0.295 e. The maximum Gasteiger partial charge on any atom is 0.269 e. The van der Waals surface area contributed by atoms with Crippen LogP contribution in [0.5, 0.6) is 0 Å². The fourth-order valence-electron chi connectivity index (χ4n) is 2.05. The van der Waals surface area contributed by atoms with Gasteiger partial charge in [-0.15, -0.1) is 0 Å². The van der Waals surface area contributed by atoms with E-state index in [-0.39, 0.29) is 38.7 Å². The number of halogens is 2. The van der Waals surface area contributed by atoms with Gasteiger partial charge < -0.3 is 0 Å². The third kappa shape index (κ3) is 7.77. The van der Waals surface area contributed by atoms with Gasteiger partial charge in [0.15, 0.2) is 0 Å². The van der Waals surface area contributed by atoms with E-state index in [1.54, 1.807) is 26.8 Å². The van der Waals surface area contributed by atoms with Gasteiger partial charge in [0.2, 0.25) is 10.0 Å². The molecule has 0 saturated heterocycles. The van der Waals surface area contributed by atoms with Gasteiger partial charge in [-0.05, 0) is 62.7 Å². The number of nitriles is 1. The summed E-state index contributed by atoms with van der Waals surface area (Å²) < 4.78 is 51.0. The highest BCUT2D eigenvalue weighted by molar-refractivity contribution is 7.89. The van der Waals surface area contributed by atoms with Gasteiger partial charge in [0.1, 0.15) is 5.82 Å². The molecule has 7 nitrogen and oxygen atoms in total. The molecule has 0 aliphatic heterocycles. The minimum atomic E-state index is -3.64. The van der Waals surface area contributed by atoms with E-state index in [9.17, 15) is 22.0 Å². The topological polar surface area (TPSA) is 111 Å². The molecule has 0 saturated carbocycles. The second kappa shape index (κ2) is 11.8. The third-order valence-corrected chi connectivity index (χ3v) is 5.09. The van der Waals surface area contributed by atoms with Crippen molar-refractivity contribution in [1.29, 1.82) is 5.26 Å². The molecule has 1 amide bonds. The Hall–Kier alpha value is -3.03. The van der Waals surface area contributed by atoms with Crippen molar-refractivity contribution in [2.75, 3.05) is 12.1 Å². The van der Waals surface area contributed by atoms with Crippen LogP contribution in [0.3, 0.4) is 0 Å². The number of hydrazine groups is 1. The van der Waals surface area contributed by atoms with E-state index in [0.29, 0.717) is 6.42 Å². The van der Waals surface area contributed by atoms with Crippen molar-refractivity contribution >= 4 is 21.6 Å². The van der Waals surface area contributed by atoms with Gasteiger partial charge in [-0.3, -0.25) is 20.0 Å². The molecule has 2 aromatic carbocycles. The van der Waals surface area contributed by atoms with E-state index in [1.165, 1.54) is 36.4 Å². The smallest absolute Gasteiger partial charge is 0.269 e. The van der Waals surface area contributed by atoms with Crippen molar-refractivity contribution < 1.29 is 26.3 Å². The lowest BCUT2D eigenvalue weighted by Gasteiger charge is -2.11. The largest absolute Gasteiger partial charge is 0.295 e. The lowest BCUT2D eigenvalue weighted by Crippen LogP contribution is -2.31. The minimum absolute atomic E-state index is 0. The number of sulfonamides is 1. The first kappa shape index (κ1) is 25.0. The molecule has 0 aromatic heterocycles. The Labute approximate surface area is 179 Å². The average molecular weight is 445 g/mol. The summed E-state index contributed by atoms with van der Waals surface area (Å²) in [6.45, 7) is 5.03. The van der Waals surface area contributed by atoms with Crippen LogP contribution in [0.4, 0.5) is 14.5 Å². The van der Waals surface area contributed by atoms with Crippen LogP contribution in [-0.2, 0) is 10.0 Å². The summed E-state index contributed by atoms with van der Waals surface area (Å²) >= 11 is 0. The standard InChI is InChI=1S/C17H17FN4O3S.C3H7F.3H2/c1-11(2)22-26(24,25)14-6-4-13(5-7-14)17(23)21-20-16-8-3-12(10-19)9-15(16)18;1-2-3-4;;;/h3-9,11,20,22H,1-2H3,(H,21,23);2-3H2,1H3;3*1H. The second-order valence-corrected chi connectivity index (χ2v) is 8.09. The summed E-state index contributed by atoms with van der Waals surface area (Å²) in [5, 5.41) is 8.69. The molecule has 168 valence electrons. The van der Waals surface area contributed by atoms with Crippen molar-refractivity contribution in [2.45, 2.75) is 38.1 Å². The van der Waals surface area contributed by atoms with Gasteiger partial charge in [0.05, 0.1) is 28.9 Å². The molecular weight excluding hydrogens is 414 g/mol. The first-order valence-electron chi connectivity index (χ1n) is 9.09. The number of hydrogen-bond acceptors (Lipinski definition) is 5. The molecule has 0 heterocycles. The molecule has 0 unspecified atom stereocenters. The molecule has 30 heavy (non-hydrogen) atoms. The maximum absolute atomic E-state index is 13.7. The molecule has 0 fully saturated rings. The number of rotatable bonds is 7. The summed E-state index contributed by atoms with van der Waals surface area (Å²) in [6, 6.07) is 10.6. The first-order chi connectivity index (χ1) is 14.1. The molecule has 0 radical (unpaired) electrons. The number of amides is 1. The Balaban J connectivity index is -0.00000119. The van der Waals surface area contributed by atoms with Gasteiger partial charge in [-0.25, -0.2) is 17.5 Å². The molecule has 3 N–H and O–H groups in total. The predicted molar refractivity (Wildman–Crippen MR) is 117 cm³/mol. The Bertz CT molecular complexity index is 1000. The van der Waals surface area contributed by atoms with E-state index in [2.05, 4.69) is 15.6 Å². The lowest BCUT2D eigenvalue weighted by atomic mass is 10.2. The monoisotopic (exact) mass is 444 g/mol. The van der Waals surface area contributed by atoms with Gasteiger partial charge in [0.25, 0.3) is 5.91 Å². The molecule has 0 atom stereocenters. The zero-order valence-corrected chi connectivity index (χ0v) is 17.7. The van der Waals surface area contributed by atoms with Crippen LogP contribution in [0.25, 0.3) is 0 Å². The number of benzene rings is 2. The normalized spacial score (nSPS) is 10.6. The summed E-state index contributed by atoms with van der Waals surface area (Å²) in [5.74, 6) is -1.26. The Kier molecular flexibility index (Phi) is 9.88. The van der Waals surface area contributed by atoms with Crippen molar-refractivity contribution in [2.24, 2.45) is 0 Å². The highest BCUT2D eigenvalue weighted by atomic mass is 32.2. The number of anilines is 1. The molecule has 10 heteroatoms. The van der Waals surface area contributed by atoms with E-state index < -0.39 is 21.7 Å². The number of nitrogens with one attached hydrogen (secondary N) is 3. The molecule has 0 aliphatic carbocycles. The highest BCUT2D eigenvalue weighted by Crippen LogP contribution is 2.15. The number of carbonyl (C=O) groups excluding carboxylic acids is 1. The third-order valence-electron chi connectivity index (χ3n) is 3.42. The zero-order chi connectivity index (χ0) is 22.7. The SMILES string of the molecule is CC(C)NS(=O)(=O)c1ccc(C(=O)NNc2ccc(C#N)cc2F)cc1.CCCF.[HH].[HH].[HH]. The highest BCUT2D eigenvalue weighted by Gasteiger charge is 2.16. The molecular formula is C20H30F2N4O3S. The van der Waals surface area contributed by atoms with Gasteiger partial charge >= 0.3 is 0 Å². The second-order valence-electron chi connectivity index (χ2n) is 6.37. The van der Waals surface area contributed by atoms with Crippen LogP contribution >= 0.6 is 0 Å². The van der Waals surface area contributed by atoms with Crippen LogP contribution < -0.4 is 15.6 Å². The lowest BCUT2D eigenvalue weighted by molar-refractivity contribution is 0.0962. The van der Waals surface area contributed by atoms with Crippen LogP contribution in [0.1, 0.15) is 47.4 Å². The van der Waals surface area contributed by atoms with Gasteiger partial charge in [-0.2, -0.15) is 5.26 Å². The van der Waals surface area contributed by atoms with Crippen molar-refractivity contribution in [3.8, 4) is 6.07 Å². The molecule has 2 aromatic rings. The van der Waals surface area contributed by atoms with Crippen molar-refractivity contribution in [1.82, 2.24) is 10.1 Å². The van der Waals surface area contributed by atoms with Crippen molar-refractivity contribution in [3.63, 3.8) is 0 Å². The van der Waals surface area contributed by atoms with Gasteiger partial charge in [0, 0.05) is 15.9 Å². The molecule has 0 aliphatic rings. The number of carbonyl (C=O) groups is 1. The van der Waals surface area contributed by atoms with Gasteiger partial charge in [-0.1, -0.05) is 6.92 Å².